The zero-order valence-corrected chi connectivity index (χ0v) is 18.5. The van der Waals surface area contributed by atoms with Crippen molar-refractivity contribution in [2.75, 3.05) is 6.61 Å². The molecule has 0 aliphatic carbocycles. The highest BCUT2D eigenvalue weighted by Gasteiger charge is 2.34. The smallest absolute Gasteiger partial charge is 0.238 e. The van der Waals surface area contributed by atoms with Crippen LogP contribution in [-0.4, -0.2) is 25.0 Å². The van der Waals surface area contributed by atoms with Gasteiger partial charge in [0.05, 0.1) is 28.6 Å². The van der Waals surface area contributed by atoms with E-state index in [1.54, 1.807) is 36.4 Å². The number of nitriles is 1. The molecular formula is C24H27N3O3S. The van der Waals surface area contributed by atoms with Gasteiger partial charge >= 0.3 is 0 Å². The first-order valence-corrected chi connectivity index (χ1v) is 12.2. The maximum absolute atomic E-state index is 13.2. The Labute approximate surface area is 183 Å². The lowest BCUT2D eigenvalue weighted by molar-refractivity contribution is 0.290. The number of aromatic nitrogens is 2. The van der Waals surface area contributed by atoms with Gasteiger partial charge < -0.3 is 4.74 Å². The van der Waals surface area contributed by atoms with Crippen molar-refractivity contribution in [3.63, 3.8) is 0 Å². The van der Waals surface area contributed by atoms with Crippen LogP contribution in [-0.2, 0) is 9.84 Å². The first-order valence-electron chi connectivity index (χ1n) is 10.7. The van der Waals surface area contributed by atoms with Gasteiger partial charge in [-0.25, -0.2) is 18.4 Å². The van der Waals surface area contributed by atoms with Crippen LogP contribution < -0.4 is 4.74 Å². The van der Waals surface area contributed by atoms with E-state index in [1.165, 1.54) is 31.4 Å². The fourth-order valence-electron chi connectivity index (χ4n) is 3.35. The Kier molecular flexibility index (Phi) is 7.96. The molecule has 0 aliphatic rings. The molecule has 0 spiro atoms. The lowest BCUT2D eigenvalue weighted by Gasteiger charge is -2.15. The number of unbranched alkanes of at least 4 members (excludes halogenated alkanes) is 5. The monoisotopic (exact) mass is 437 g/mol. The molecule has 31 heavy (non-hydrogen) atoms. The van der Waals surface area contributed by atoms with E-state index in [0.29, 0.717) is 17.6 Å². The third-order valence-corrected chi connectivity index (χ3v) is 6.93. The molecule has 0 unspecified atom stereocenters. The maximum Gasteiger partial charge on any atom is 0.238 e. The normalized spacial score (nSPS) is 12.4. The molecule has 1 atom stereocenters. The van der Waals surface area contributed by atoms with Gasteiger partial charge in [0.1, 0.15) is 5.69 Å². The summed E-state index contributed by atoms with van der Waals surface area (Å²) >= 11 is 0. The molecule has 1 aromatic heterocycles. The molecule has 7 heteroatoms. The predicted octanol–water partition coefficient (Wildman–Crippen LogP) is 5.41. The van der Waals surface area contributed by atoms with Crippen LogP contribution in [0, 0.1) is 11.3 Å². The van der Waals surface area contributed by atoms with E-state index in [0.717, 1.165) is 19.3 Å². The Bertz CT molecular complexity index is 1140. The second-order valence-electron chi connectivity index (χ2n) is 7.39. The van der Waals surface area contributed by atoms with Gasteiger partial charge in [-0.05, 0) is 30.7 Å². The van der Waals surface area contributed by atoms with Crippen molar-refractivity contribution in [3.05, 3.63) is 60.3 Å². The highest BCUT2D eigenvalue weighted by atomic mass is 32.2. The number of hydrogen-bond acceptors (Lipinski definition) is 6. The summed E-state index contributed by atoms with van der Waals surface area (Å²) in [7, 11) is -3.98. The molecule has 0 amide bonds. The van der Waals surface area contributed by atoms with Crippen molar-refractivity contribution < 1.29 is 13.2 Å². The summed E-state index contributed by atoms with van der Waals surface area (Å²) in [6.45, 7) is 2.58. The van der Waals surface area contributed by atoms with Gasteiger partial charge in [0, 0.05) is 0 Å². The van der Waals surface area contributed by atoms with Crippen LogP contribution in [0.4, 0.5) is 0 Å². The highest BCUT2D eigenvalue weighted by Crippen LogP contribution is 2.33. The molecule has 0 N–H and O–H groups in total. The van der Waals surface area contributed by atoms with Gasteiger partial charge in [0.15, 0.2) is 5.25 Å². The largest absolute Gasteiger partial charge is 0.476 e. The van der Waals surface area contributed by atoms with Crippen LogP contribution in [0.3, 0.4) is 0 Å². The minimum Gasteiger partial charge on any atom is -0.476 e. The van der Waals surface area contributed by atoms with E-state index in [-0.39, 0.29) is 16.5 Å². The standard InChI is InChI=1S/C24H27N3O3S/c1-2-3-4-5-6-12-17-30-24-23(26-20-15-10-11-16-21(20)27-24)22(18-25)31(28,29)19-13-8-7-9-14-19/h7-11,13-16,22H,2-6,12,17H2,1H3/t22-/m1/s1. The number of fused-ring (bicyclic) bond motifs is 1. The van der Waals surface area contributed by atoms with Gasteiger partial charge in [0.2, 0.25) is 15.7 Å². The Balaban J connectivity index is 1.90. The topological polar surface area (TPSA) is 92.9 Å². The van der Waals surface area contributed by atoms with E-state index in [9.17, 15) is 13.7 Å². The first kappa shape index (κ1) is 22.7. The van der Waals surface area contributed by atoms with Crippen LogP contribution in [0.15, 0.2) is 59.5 Å². The van der Waals surface area contributed by atoms with Crippen LogP contribution in [0.2, 0.25) is 0 Å². The number of nitrogens with zero attached hydrogens (tertiary/aromatic N) is 3. The van der Waals surface area contributed by atoms with Gasteiger partial charge in [-0.15, -0.1) is 0 Å². The molecule has 3 aromatic rings. The quantitative estimate of drug-likeness (QED) is 0.373. The van der Waals surface area contributed by atoms with E-state index in [4.69, 9.17) is 4.74 Å². The Morgan fingerprint density at radius 1 is 0.903 bits per heavy atom. The van der Waals surface area contributed by atoms with Crippen LogP contribution in [0.1, 0.15) is 56.4 Å². The molecule has 0 aliphatic heterocycles. The number of hydrogen-bond donors (Lipinski definition) is 0. The summed E-state index contributed by atoms with van der Waals surface area (Å²) in [6.07, 6.45) is 6.61. The van der Waals surface area contributed by atoms with E-state index in [1.807, 2.05) is 12.1 Å². The minimum absolute atomic E-state index is 0.0380. The van der Waals surface area contributed by atoms with Crippen LogP contribution >= 0.6 is 0 Å². The van der Waals surface area contributed by atoms with Crippen molar-refractivity contribution in [2.45, 2.75) is 55.6 Å². The average molecular weight is 438 g/mol. The fraction of sp³-hybridized carbons (Fsp3) is 0.375. The van der Waals surface area contributed by atoms with Crippen LogP contribution in [0.25, 0.3) is 11.0 Å². The Morgan fingerprint density at radius 3 is 2.19 bits per heavy atom. The van der Waals surface area contributed by atoms with E-state index >= 15 is 0 Å². The summed E-state index contributed by atoms with van der Waals surface area (Å²) in [5.74, 6) is 0.110. The van der Waals surface area contributed by atoms with Gasteiger partial charge in [-0.2, -0.15) is 5.26 Å². The molecule has 3 rings (SSSR count). The summed E-state index contributed by atoms with van der Waals surface area (Å²) < 4.78 is 32.2. The van der Waals surface area contributed by atoms with Crippen molar-refractivity contribution in [3.8, 4) is 11.9 Å². The molecule has 0 saturated heterocycles. The highest BCUT2D eigenvalue weighted by molar-refractivity contribution is 7.92. The predicted molar refractivity (Wildman–Crippen MR) is 120 cm³/mol. The van der Waals surface area contributed by atoms with Crippen molar-refractivity contribution in [1.82, 2.24) is 9.97 Å². The molecule has 6 nitrogen and oxygen atoms in total. The van der Waals surface area contributed by atoms with Crippen LogP contribution in [0.5, 0.6) is 5.88 Å². The maximum atomic E-state index is 13.2. The lowest BCUT2D eigenvalue weighted by Crippen LogP contribution is -2.16. The number of ether oxygens (including phenoxy) is 1. The summed E-state index contributed by atoms with van der Waals surface area (Å²) in [4.78, 5) is 9.05. The summed E-state index contributed by atoms with van der Waals surface area (Å²) in [5.41, 5.74) is 1.15. The summed E-state index contributed by atoms with van der Waals surface area (Å²) in [6, 6.07) is 17.0. The molecule has 0 fully saturated rings. The third-order valence-electron chi connectivity index (χ3n) is 5.05. The number of sulfone groups is 1. The lowest BCUT2D eigenvalue weighted by atomic mass is 10.1. The van der Waals surface area contributed by atoms with Gasteiger partial charge in [0.25, 0.3) is 0 Å². The third kappa shape index (κ3) is 5.59. The molecule has 0 bridgehead atoms. The average Bonchev–Trinajstić information content (AvgIpc) is 2.79. The van der Waals surface area contributed by atoms with E-state index < -0.39 is 15.1 Å². The minimum atomic E-state index is -3.98. The Morgan fingerprint density at radius 2 is 1.52 bits per heavy atom. The molecular weight excluding hydrogens is 410 g/mol. The fourth-order valence-corrected chi connectivity index (χ4v) is 4.74. The van der Waals surface area contributed by atoms with Crippen molar-refractivity contribution >= 4 is 20.9 Å². The molecule has 0 radical (unpaired) electrons. The SMILES string of the molecule is CCCCCCCCOc1nc2ccccc2nc1[C@@H](C#N)S(=O)(=O)c1ccccc1. The zero-order chi connectivity index (χ0) is 22.1. The molecule has 162 valence electrons. The van der Waals surface area contributed by atoms with Crippen molar-refractivity contribution in [1.29, 1.82) is 5.26 Å². The summed E-state index contributed by atoms with van der Waals surface area (Å²) in [5, 5.41) is 8.30. The van der Waals surface area contributed by atoms with E-state index in [2.05, 4.69) is 16.9 Å². The molecule has 0 saturated carbocycles. The first-order chi connectivity index (χ1) is 15.1. The molecule has 1 heterocycles. The zero-order valence-electron chi connectivity index (χ0n) is 17.7. The Hall–Kier alpha value is -2.98. The molecule has 2 aromatic carbocycles. The number of rotatable bonds is 11. The second kappa shape index (κ2) is 10.9. The van der Waals surface area contributed by atoms with Gasteiger partial charge in [-0.1, -0.05) is 69.4 Å². The van der Waals surface area contributed by atoms with Crippen molar-refractivity contribution in [2.24, 2.45) is 0 Å². The number of benzene rings is 2. The number of para-hydroxylation sites is 2. The van der Waals surface area contributed by atoms with Gasteiger partial charge in [-0.3, -0.25) is 0 Å². The second-order valence-corrected chi connectivity index (χ2v) is 9.42.